The van der Waals surface area contributed by atoms with Gasteiger partial charge in [-0.2, -0.15) is 0 Å². The molecule has 0 saturated heterocycles. The Hall–Kier alpha value is -1.44. The summed E-state index contributed by atoms with van der Waals surface area (Å²) in [6.07, 6.45) is 1.66. The Balaban J connectivity index is 2.96. The van der Waals surface area contributed by atoms with Crippen LogP contribution in [0.15, 0.2) is 28.9 Å². The Kier molecular flexibility index (Phi) is 1.15. The van der Waals surface area contributed by atoms with E-state index in [4.69, 9.17) is 10.2 Å². The molecule has 0 saturated carbocycles. The Morgan fingerprint density at radius 1 is 1.27 bits per heavy atom. The highest BCUT2D eigenvalue weighted by Gasteiger charge is 2.02. The summed E-state index contributed by atoms with van der Waals surface area (Å²) >= 11 is 0. The van der Waals surface area contributed by atoms with E-state index in [0.717, 1.165) is 22.2 Å². The number of furan rings is 1. The predicted octanol–water partition coefficient (Wildman–Crippen LogP) is 2.32. The third kappa shape index (κ3) is 0.792. The maximum Gasteiger partial charge on any atom is 0.138 e. The van der Waals surface area contributed by atoms with Gasteiger partial charge in [-0.15, -0.1) is 0 Å². The van der Waals surface area contributed by atoms with Gasteiger partial charge in [-0.05, 0) is 24.6 Å². The highest BCUT2D eigenvalue weighted by molar-refractivity contribution is 5.91. The van der Waals surface area contributed by atoms with Gasteiger partial charge in [0, 0.05) is 11.1 Å². The molecule has 1 aromatic heterocycles. The highest BCUT2D eigenvalue weighted by Crippen LogP contribution is 2.24. The molecule has 56 valence electrons. The van der Waals surface area contributed by atoms with E-state index in [1.54, 1.807) is 6.26 Å². The molecule has 0 bridgehead atoms. The van der Waals surface area contributed by atoms with Crippen LogP contribution in [0.2, 0.25) is 0 Å². The van der Waals surface area contributed by atoms with Crippen LogP contribution >= 0.6 is 0 Å². The molecule has 0 aliphatic heterocycles. The zero-order valence-corrected chi connectivity index (χ0v) is 6.29. The molecule has 0 fully saturated rings. The molecule has 0 amide bonds. The molecule has 0 aliphatic carbocycles. The van der Waals surface area contributed by atoms with E-state index < -0.39 is 0 Å². The molecule has 2 nitrogen and oxygen atoms in total. The molecule has 0 unspecified atom stereocenters. The van der Waals surface area contributed by atoms with Crippen LogP contribution in [0.5, 0.6) is 0 Å². The lowest BCUT2D eigenvalue weighted by Crippen LogP contribution is -1.85. The van der Waals surface area contributed by atoms with Gasteiger partial charge in [0.25, 0.3) is 0 Å². The van der Waals surface area contributed by atoms with Gasteiger partial charge >= 0.3 is 0 Å². The summed E-state index contributed by atoms with van der Waals surface area (Å²) in [5, 5.41) is 1.00. The quantitative estimate of drug-likeness (QED) is 0.581. The normalized spacial score (nSPS) is 10.6. The maximum absolute atomic E-state index is 5.71. The fraction of sp³-hybridized carbons (Fsp3) is 0.111. The second-order valence-corrected chi connectivity index (χ2v) is 2.64. The molecular weight excluding hydrogens is 138 g/mol. The molecule has 1 heterocycles. The van der Waals surface area contributed by atoms with Crippen molar-refractivity contribution in [2.24, 2.45) is 0 Å². The molecule has 2 N–H and O–H groups in total. The second-order valence-electron chi connectivity index (χ2n) is 2.64. The number of benzene rings is 1. The van der Waals surface area contributed by atoms with Crippen molar-refractivity contribution in [3.63, 3.8) is 0 Å². The van der Waals surface area contributed by atoms with E-state index in [2.05, 4.69) is 0 Å². The number of rotatable bonds is 0. The minimum absolute atomic E-state index is 0.777. The summed E-state index contributed by atoms with van der Waals surface area (Å²) in [6, 6.07) is 5.74. The van der Waals surface area contributed by atoms with Gasteiger partial charge in [-0.3, -0.25) is 0 Å². The zero-order chi connectivity index (χ0) is 7.84. The standard InChI is InChI=1S/C9H9NO/c1-6-2-3-8(10)7-4-5-11-9(6)7/h2-5H,10H2,1H3. The summed E-state index contributed by atoms with van der Waals surface area (Å²) in [5.74, 6) is 0. The topological polar surface area (TPSA) is 39.2 Å². The zero-order valence-electron chi connectivity index (χ0n) is 6.29. The number of hydrogen-bond donors (Lipinski definition) is 1. The molecule has 0 aliphatic rings. The third-order valence-corrected chi connectivity index (χ3v) is 1.85. The molecular formula is C9H9NO. The first-order chi connectivity index (χ1) is 5.29. The van der Waals surface area contributed by atoms with Crippen LogP contribution < -0.4 is 5.73 Å². The number of nitrogen functional groups attached to an aromatic ring is 1. The van der Waals surface area contributed by atoms with E-state index >= 15 is 0 Å². The number of anilines is 1. The number of fused-ring (bicyclic) bond motifs is 1. The summed E-state index contributed by atoms with van der Waals surface area (Å²) in [4.78, 5) is 0. The van der Waals surface area contributed by atoms with Gasteiger partial charge in [-0.25, -0.2) is 0 Å². The van der Waals surface area contributed by atoms with Crippen LogP contribution in [-0.2, 0) is 0 Å². The van der Waals surface area contributed by atoms with Gasteiger partial charge in [0.15, 0.2) is 0 Å². The first-order valence-electron chi connectivity index (χ1n) is 3.51. The molecule has 11 heavy (non-hydrogen) atoms. The highest BCUT2D eigenvalue weighted by atomic mass is 16.3. The van der Waals surface area contributed by atoms with Crippen molar-refractivity contribution in [1.82, 2.24) is 0 Å². The van der Waals surface area contributed by atoms with E-state index in [1.807, 2.05) is 25.1 Å². The molecule has 2 aromatic rings. The van der Waals surface area contributed by atoms with Crippen LogP contribution in [0.25, 0.3) is 11.0 Å². The SMILES string of the molecule is Cc1ccc(N)c2ccoc12. The first kappa shape index (κ1) is 6.28. The van der Waals surface area contributed by atoms with Gasteiger partial charge in [0.05, 0.1) is 6.26 Å². The lowest BCUT2D eigenvalue weighted by Gasteiger charge is -1.96. The van der Waals surface area contributed by atoms with Crippen LogP contribution in [-0.4, -0.2) is 0 Å². The Morgan fingerprint density at radius 3 is 2.82 bits per heavy atom. The Bertz CT molecular complexity index is 353. The van der Waals surface area contributed by atoms with Crippen molar-refractivity contribution < 1.29 is 4.42 Å². The van der Waals surface area contributed by atoms with Crippen molar-refractivity contribution in [2.45, 2.75) is 6.92 Å². The summed E-state index contributed by atoms with van der Waals surface area (Å²) < 4.78 is 5.25. The smallest absolute Gasteiger partial charge is 0.138 e. The molecule has 0 atom stereocenters. The molecule has 0 radical (unpaired) electrons. The van der Waals surface area contributed by atoms with Crippen LogP contribution in [0.3, 0.4) is 0 Å². The number of nitrogens with two attached hydrogens (primary N) is 1. The monoisotopic (exact) mass is 147 g/mol. The van der Waals surface area contributed by atoms with E-state index in [0.29, 0.717) is 0 Å². The maximum atomic E-state index is 5.71. The lowest BCUT2D eigenvalue weighted by molar-refractivity contribution is 0.613. The van der Waals surface area contributed by atoms with E-state index in [9.17, 15) is 0 Å². The summed E-state index contributed by atoms with van der Waals surface area (Å²) in [7, 11) is 0. The third-order valence-electron chi connectivity index (χ3n) is 1.85. The fourth-order valence-electron chi connectivity index (χ4n) is 1.22. The fourth-order valence-corrected chi connectivity index (χ4v) is 1.22. The van der Waals surface area contributed by atoms with E-state index in [-0.39, 0.29) is 0 Å². The van der Waals surface area contributed by atoms with Crippen molar-refractivity contribution >= 4 is 16.7 Å². The molecule has 0 spiro atoms. The summed E-state index contributed by atoms with van der Waals surface area (Å²) in [5.41, 5.74) is 8.50. The van der Waals surface area contributed by atoms with Crippen molar-refractivity contribution in [3.8, 4) is 0 Å². The van der Waals surface area contributed by atoms with Gasteiger partial charge in [0.2, 0.25) is 0 Å². The first-order valence-corrected chi connectivity index (χ1v) is 3.51. The van der Waals surface area contributed by atoms with Gasteiger partial charge < -0.3 is 10.2 Å². The van der Waals surface area contributed by atoms with Crippen LogP contribution in [0, 0.1) is 6.92 Å². The van der Waals surface area contributed by atoms with Gasteiger partial charge in [0.1, 0.15) is 5.58 Å². The number of hydrogen-bond acceptors (Lipinski definition) is 2. The van der Waals surface area contributed by atoms with Crippen LogP contribution in [0.4, 0.5) is 5.69 Å². The average Bonchev–Trinajstić information content (AvgIpc) is 2.45. The van der Waals surface area contributed by atoms with E-state index in [1.165, 1.54) is 0 Å². The molecule has 2 rings (SSSR count). The second kappa shape index (κ2) is 2.02. The van der Waals surface area contributed by atoms with Gasteiger partial charge in [-0.1, -0.05) is 6.07 Å². The van der Waals surface area contributed by atoms with Crippen molar-refractivity contribution in [3.05, 3.63) is 30.0 Å². The lowest BCUT2D eigenvalue weighted by atomic mass is 10.1. The average molecular weight is 147 g/mol. The minimum atomic E-state index is 0.777. The Morgan fingerprint density at radius 2 is 2.09 bits per heavy atom. The Labute approximate surface area is 64.6 Å². The molecule has 1 aromatic carbocycles. The number of aryl methyl sites for hydroxylation is 1. The minimum Gasteiger partial charge on any atom is -0.464 e. The predicted molar refractivity (Wildman–Crippen MR) is 45.4 cm³/mol. The van der Waals surface area contributed by atoms with Crippen LogP contribution in [0.1, 0.15) is 5.56 Å². The largest absolute Gasteiger partial charge is 0.464 e. The van der Waals surface area contributed by atoms with Crippen molar-refractivity contribution in [1.29, 1.82) is 0 Å². The summed E-state index contributed by atoms with van der Waals surface area (Å²) in [6.45, 7) is 2.01. The van der Waals surface area contributed by atoms with Crippen molar-refractivity contribution in [2.75, 3.05) is 5.73 Å². The molecule has 2 heteroatoms.